The van der Waals surface area contributed by atoms with Gasteiger partial charge in [0.05, 0.1) is 5.69 Å². The fraction of sp³-hybridized carbons (Fsp3) is 0. The molecule has 0 fully saturated rings. The van der Waals surface area contributed by atoms with E-state index in [0.717, 1.165) is 28.0 Å². The van der Waals surface area contributed by atoms with E-state index in [-0.39, 0.29) is 5.78 Å². The van der Waals surface area contributed by atoms with Crippen LogP contribution in [0.4, 0.5) is 0 Å². The molecule has 124 valence electrons. The molecule has 4 rings (SSSR count). The molecule has 1 heterocycles. The molecule has 0 aliphatic heterocycles. The fourth-order valence-corrected chi connectivity index (χ4v) is 2.99. The average molecular weight is 336 g/mol. The predicted molar refractivity (Wildman–Crippen MR) is 104 cm³/mol. The molecule has 3 heteroatoms. The molecule has 0 atom stereocenters. The minimum Gasteiger partial charge on any atom is -0.289 e. The maximum Gasteiger partial charge on any atom is 0.186 e. The van der Waals surface area contributed by atoms with Crippen LogP contribution in [-0.2, 0) is 4.79 Å². The Hall–Kier alpha value is -3.59. The molecule has 0 amide bonds. The van der Waals surface area contributed by atoms with Crippen LogP contribution in [0.15, 0.2) is 91.4 Å². The molecule has 1 aromatic heterocycles. The molecule has 1 aliphatic rings. The van der Waals surface area contributed by atoms with Gasteiger partial charge in [0.25, 0.3) is 0 Å². The molecule has 26 heavy (non-hydrogen) atoms. The summed E-state index contributed by atoms with van der Waals surface area (Å²) in [6.45, 7) is 0. The SMILES string of the molecule is O=C1C=Cc2ncncc2/C1=C/C=C(c1ccccc1)c1ccccc1. The first kappa shape index (κ1) is 15.9. The Balaban J connectivity index is 1.85. The molecular formula is C23H16N2O. The van der Waals surface area contributed by atoms with Crippen LogP contribution in [-0.4, -0.2) is 15.8 Å². The molecule has 3 nitrogen and oxygen atoms in total. The molecule has 0 saturated heterocycles. The van der Waals surface area contributed by atoms with Gasteiger partial charge in [-0.15, -0.1) is 0 Å². The van der Waals surface area contributed by atoms with Gasteiger partial charge in [0.2, 0.25) is 0 Å². The number of aromatic nitrogens is 2. The number of allylic oxidation sites excluding steroid dienone is 4. The highest BCUT2D eigenvalue weighted by atomic mass is 16.1. The van der Waals surface area contributed by atoms with E-state index in [0.29, 0.717) is 5.57 Å². The zero-order chi connectivity index (χ0) is 17.8. The molecule has 0 N–H and O–H groups in total. The van der Waals surface area contributed by atoms with Gasteiger partial charge < -0.3 is 0 Å². The van der Waals surface area contributed by atoms with Crippen LogP contribution in [0.2, 0.25) is 0 Å². The number of carbonyl (C=O) groups excluding carboxylic acids is 1. The van der Waals surface area contributed by atoms with Crippen molar-refractivity contribution in [3.63, 3.8) is 0 Å². The van der Waals surface area contributed by atoms with Crippen LogP contribution >= 0.6 is 0 Å². The highest BCUT2D eigenvalue weighted by Crippen LogP contribution is 2.27. The molecule has 0 unspecified atom stereocenters. The lowest BCUT2D eigenvalue weighted by molar-refractivity contribution is -0.109. The molecule has 2 aromatic carbocycles. The highest BCUT2D eigenvalue weighted by Gasteiger charge is 2.17. The Morgan fingerprint density at radius 3 is 2.15 bits per heavy atom. The van der Waals surface area contributed by atoms with Crippen molar-refractivity contribution >= 4 is 23.0 Å². The van der Waals surface area contributed by atoms with Crippen molar-refractivity contribution < 1.29 is 4.79 Å². The largest absolute Gasteiger partial charge is 0.289 e. The van der Waals surface area contributed by atoms with Gasteiger partial charge in [-0.2, -0.15) is 0 Å². The quantitative estimate of drug-likeness (QED) is 0.657. The minimum atomic E-state index is -0.0379. The summed E-state index contributed by atoms with van der Waals surface area (Å²) in [6.07, 6.45) is 10.3. The maximum atomic E-state index is 12.4. The summed E-state index contributed by atoms with van der Waals surface area (Å²) in [5.74, 6) is -0.0379. The van der Waals surface area contributed by atoms with E-state index >= 15 is 0 Å². The van der Waals surface area contributed by atoms with Gasteiger partial charge in [0.15, 0.2) is 5.78 Å². The van der Waals surface area contributed by atoms with E-state index in [1.54, 1.807) is 18.3 Å². The molecular weight excluding hydrogens is 320 g/mol. The number of fused-ring (bicyclic) bond motifs is 1. The number of ketones is 1. The van der Waals surface area contributed by atoms with Gasteiger partial charge in [-0.25, -0.2) is 9.97 Å². The lowest BCUT2D eigenvalue weighted by Gasteiger charge is -2.12. The number of benzene rings is 2. The van der Waals surface area contributed by atoms with Gasteiger partial charge in [-0.3, -0.25) is 4.79 Å². The van der Waals surface area contributed by atoms with Crippen LogP contribution in [0, 0.1) is 0 Å². The summed E-state index contributed by atoms with van der Waals surface area (Å²) >= 11 is 0. The van der Waals surface area contributed by atoms with Crippen molar-refractivity contribution in [3.8, 4) is 0 Å². The van der Waals surface area contributed by atoms with Crippen LogP contribution < -0.4 is 0 Å². The van der Waals surface area contributed by atoms with E-state index in [2.05, 4.69) is 34.2 Å². The van der Waals surface area contributed by atoms with Gasteiger partial charge in [-0.05, 0) is 34.9 Å². The number of nitrogens with zero attached hydrogens (tertiary/aromatic N) is 2. The topological polar surface area (TPSA) is 42.9 Å². The molecule has 0 radical (unpaired) electrons. The maximum absolute atomic E-state index is 12.4. The van der Waals surface area contributed by atoms with E-state index in [4.69, 9.17) is 0 Å². The lowest BCUT2D eigenvalue weighted by atomic mass is 9.93. The monoisotopic (exact) mass is 336 g/mol. The van der Waals surface area contributed by atoms with E-state index in [1.807, 2.05) is 48.6 Å². The van der Waals surface area contributed by atoms with Crippen LogP contribution in [0.1, 0.15) is 22.4 Å². The van der Waals surface area contributed by atoms with Gasteiger partial charge in [-0.1, -0.05) is 66.7 Å². The first-order valence-corrected chi connectivity index (χ1v) is 8.38. The van der Waals surface area contributed by atoms with Crippen molar-refractivity contribution in [3.05, 3.63) is 114 Å². The fourth-order valence-electron chi connectivity index (χ4n) is 2.99. The second-order valence-electron chi connectivity index (χ2n) is 5.91. The van der Waals surface area contributed by atoms with Crippen LogP contribution in [0.3, 0.4) is 0 Å². The Kier molecular flexibility index (Phi) is 4.35. The smallest absolute Gasteiger partial charge is 0.186 e. The first-order valence-electron chi connectivity index (χ1n) is 8.38. The second-order valence-corrected chi connectivity index (χ2v) is 5.91. The molecule has 0 saturated carbocycles. The zero-order valence-electron chi connectivity index (χ0n) is 14.0. The summed E-state index contributed by atoms with van der Waals surface area (Å²) in [5.41, 5.74) is 5.38. The van der Waals surface area contributed by atoms with Crippen LogP contribution in [0.5, 0.6) is 0 Å². The van der Waals surface area contributed by atoms with Crippen molar-refractivity contribution in [1.29, 1.82) is 0 Å². The van der Waals surface area contributed by atoms with Crippen molar-refractivity contribution in [2.45, 2.75) is 0 Å². The van der Waals surface area contributed by atoms with Gasteiger partial charge in [0, 0.05) is 17.3 Å². The average Bonchev–Trinajstić information content (AvgIpc) is 2.71. The number of rotatable bonds is 3. The summed E-state index contributed by atoms with van der Waals surface area (Å²) in [6, 6.07) is 20.3. The standard InChI is InChI=1S/C23H16N2O/c26-23-14-13-22-21(15-24-16-25-22)20(23)12-11-19(17-7-3-1-4-8-17)18-9-5-2-6-10-18/h1-16H/b20-12-. The van der Waals surface area contributed by atoms with Gasteiger partial charge >= 0.3 is 0 Å². The number of hydrogen-bond acceptors (Lipinski definition) is 3. The molecule has 1 aliphatic carbocycles. The predicted octanol–water partition coefficient (Wildman–Crippen LogP) is 4.59. The third-order valence-corrected chi connectivity index (χ3v) is 4.28. The first-order chi connectivity index (χ1) is 12.8. The Bertz CT molecular complexity index is 991. The second kappa shape index (κ2) is 7.11. The minimum absolute atomic E-state index is 0.0379. The molecule has 3 aromatic rings. The Labute approximate surface area is 152 Å². The van der Waals surface area contributed by atoms with Crippen molar-refractivity contribution in [1.82, 2.24) is 9.97 Å². The highest BCUT2D eigenvalue weighted by molar-refractivity contribution is 6.29. The molecule has 0 bridgehead atoms. The van der Waals surface area contributed by atoms with E-state index in [1.165, 1.54) is 6.33 Å². The van der Waals surface area contributed by atoms with E-state index in [9.17, 15) is 4.79 Å². The normalized spacial score (nSPS) is 14.2. The van der Waals surface area contributed by atoms with Crippen molar-refractivity contribution in [2.24, 2.45) is 0 Å². The zero-order valence-corrected chi connectivity index (χ0v) is 14.0. The number of carbonyl (C=O) groups is 1. The van der Waals surface area contributed by atoms with Crippen LogP contribution in [0.25, 0.3) is 17.2 Å². The number of hydrogen-bond donors (Lipinski definition) is 0. The van der Waals surface area contributed by atoms with Gasteiger partial charge in [0.1, 0.15) is 6.33 Å². The van der Waals surface area contributed by atoms with Crippen molar-refractivity contribution in [2.75, 3.05) is 0 Å². The summed E-state index contributed by atoms with van der Waals surface area (Å²) < 4.78 is 0. The van der Waals surface area contributed by atoms with E-state index < -0.39 is 0 Å². The Morgan fingerprint density at radius 1 is 0.846 bits per heavy atom. The lowest BCUT2D eigenvalue weighted by Crippen LogP contribution is -2.06. The summed E-state index contributed by atoms with van der Waals surface area (Å²) in [7, 11) is 0. The summed E-state index contributed by atoms with van der Waals surface area (Å²) in [5, 5.41) is 0. The summed E-state index contributed by atoms with van der Waals surface area (Å²) in [4.78, 5) is 20.7. The Morgan fingerprint density at radius 2 is 1.50 bits per heavy atom. The third kappa shape index (κ3) is 3.15. The molecule has 0 spiro atoms. The third-order valence-electron chi connectivity index (χ3n) is 4.28.